The maximum absolute atomic E-state index is 12.2. The fraction of sp³-hybridized carbons (Fsp3) is 0.211. The van der Waals surface area contributed by atoms with Gasteiger partial charge in [-0.25, -0.2) is 0 Å². The van der Waals surface area contributed by atoms with Gasteiger partial charge in [0.2, 0.25) is 0 Å². The summed E-state index contributed by atoms with van der Waals surface area (Å²) in [5.41, 5.74) is 2.60. The molecule has 0 unspecified atom stereocenters. The molecule has 128 valence electrons. The van der Waals surface area contributed by atoms with Crippen molar-refractivity contribution >= 4 is 17.4 Å². The van der Waals surface area contributed by atoms with Crippen LogP contribution in [0.2, 0.25) is 0 Å². The fourth-order valence-corrected chi connectivity index (χ4v) is 2.44. The van der Waals surface area contributed by atoms with Gasteiger partial charge in [-0.05, 0) is 31.4 Å². The van der Waals surface area contributed by atoms with E-state index in [1.54, 1.807) is 25.3 Å². The Morgan fingerprint density at radius 3 is 2.76 bits per heavy atom. The molecule has 25 heavy (non-hydrogen) atoms. The number of nitrogens with one attached hydrogen (secondary N) is 2. The molecule has 6 nitrogen and oxygen atoms in total. The van der Waals surface area contributed by atoms with Crippen LogP contribution in [-0.2, 0) is 6.42 Å². The molecular weight excluding hydrogens is 316 g/mol. The lowest BCUT2D eigenvalue weighted by atomic mass is 10.1. The quantitative estimate of drug-likeness (QED) is 0.643. The Balaban J connectivity index is 1.51. The average Bonchev–Trinajstić information content (AvgIpc) is 3.05. The number of hydrogen-bond donors (Lipinski definition) is 2. The number of benzene rings is 1. The van der Waals surface area contributed by atoms with Gasteiger partial charge in [-0.1, -0.05) is 35.5 Å². The van der Waals surface area contributed by atoms with E-state index in [0.717, 1.165) is 25.1 Å². The Morgan fingerprint density at radius 1 is 1.16 bits per heavy atom. The summed E-state index contributed by atoms with van der Waals surface area (Å²) in [5, 5.41) is 9.74. The second kappa shape index (κ2) is 8.10. The Kier molecular flexibility index (Phi) is 5.41. The third-order valence-electron chi connectivity index (χ3n) is 3.68. The highest BCUT2D eigenvalue weighted by molar-refractivity contribution is 6.04. The summed E-state index contributed by atoms with van der Waals surface area (Å²) < 4.78 is 4.93. The van der Waals surface area contributed by atoms with E-state index in [-0.39, 0.29) is 5.91 Å². The SMILES string of the molecule is Cc1cc(NC(=O)c2cncc(NCCCc3ccccc3)c2)no1. The van der Waals surface area contributed by atoms with E-state index in [4.69, 9.17) is 4.52 Å². The third kappa shape index (κ3) is 4.91. The van der Waals surface area contributed by atoms with Crippen LogP contribution in [0.4, 0.5) is 11.5 Å². The molecule has 0 fully saturated rings. The van der Waals surface area contributed by atoms with E-state index < -0.39 is 0 Å². The number of carbonyl (C=O) groups is 1. The summed E-state index contributed by atoms with van der Waals surface area (Å²) >= 11 is 0. The number of pyridine rings is 1. The van der Waals surface area contributed by atoms with Crippen molar-refractivity contribution < 1.29 is 9.32 Å². The number of hydrogen-bond acceptors (Lipinski definition) is 5. The summed E-state index contributed by atoms with van der Waals surface area (Å²) in [6, 6.07) is 13.8. The monoisotopic (exact) mass is 336 g/mol. The van der Waals surface area contributed by atoms with Crippen LogP contribution in [0.1, 0.15) is 28.1 Å². The number of carbonyl (C=O) groups excluding carboxylic acids is 1. The minimum Gasteiger partial charge on any atom is -0.384 e. The van der Waals surface area contributed by atoms with Gasteiger partial charge in [-0.15, -0.1) is 0 Å². The van der Waals surface area contributed by atoms with E-state index in [9.17, 15) is 4.79 Å². The Labute approximate surface area is 146 Å². The summed E-state index contributed by atoms with van der Waals surface area (Å²) in [6.45, 7) is 2.58. The van der Waals surface area contributed by atoms with E-state index in [0.29, 0.717) is 17.1 Å². The van der Waals surface area contributed by atoms with Crippen LogP contribution in [0.25, 0.3) is 0 Å². The van der Waals surface area contributed by atoms with Crippen LogP contribution < -0.4 is 10.6 Å². The lowest BCUT2D eigenvalue weighted by Crippen LogP contribution is -2.13. The van der Waals surface area contributed by atoms with Gasteiger partial charge in [0.05, 0.1) is 11.3 Å². The first-order valence-electron chi connectivity index (χ1n) is 8.18. The highest BCUT2D eigenvalue weighted by Crippen LogP contribution is 2.13. The molecule has 0 aliphatic rings. The van der Waals surface area contributed by atoms with E-state index >= 15 is 0 Å². The van der Waals surface area contributed by atoms with Gasteiger partial charge in [-0.2, -0.15) is 0 Å². The maximum Gasteiger partial charge on any atom is 0.258 e. The maximum atomic E-state index is 12.2. The van der Waals surface area contributed by atoms with Crippen LogP contribution in [0.15, 0.2) is 59.4 Å². The topological polar surface area (TPSA) is 80.0 Å². The first kappa shape index (κ1) is 16.7. The number of amides is 1. The van der Waals surface area contributed by atoms with E-state index in [2.05, 4.69) is 32.9 Å². The van der Waals surface area contributed by atoms with E-state index in [1.807, 2.05) is 18.2 Å². The van der Waals surface area contributed by atoms with Crippen LogP contribution in [0.5, 0.6) is 0 Å². The molecule has 0 radical (unpaired) electrons. The van der Waals surface area contributed by atoms with Gasteiger partial charge in [0.1, 0.15) is 5.76 Å². The van der Waals surface area contributed by atoms with Crippen molar-refractivity contribution in [3.8, 4) is 0 Å². The average molecular weight is 336 g/mol. The summed E-state index contributed by atoms with van der Waals surface area (Å²) in [7, 11) is 0. The minimum absolute atomic E-state index is 0.270. The summed E-state index contributed by atoms with van der Waals surface area (Å²) in [4.78, 5) is 16.4. The van der Waals surface area contributed by atoms with Gasteiger partial charge in [0.15, 0.2) is 5.82 Å². The molecule has 0 spiro atoms. The molecule has 0 saturated heterocycles. The first-order valence-corrected chi connectivity index (χ1v) is 8.18. The smallest absolute Gasteiger partial charge is 0.258 e. The second-order valence-corrected chi connectivity index (χ2v) is 5.76. The molecule has 3 aromatic rings. The molecule has 2 aromatic heterocycles. The Bertz CT molecular complexity index is 830. The van der Waals surface area contributed by atoms with Crippen LogP contribution >= 0.6 is 0 Å². The largest absolute Gasteiger partial charge is 0.384 e. The van der Waals surface area contributed by atoms with Crippen LogP contribution in [0, 0.1) is 6.92 Å². The molecular formula is C19H20N4O2. The van der Waals surface area contributed by atoms with Crippen LogP contribution in [0.3, 0.4) is 0 Å². The predicted molar refractivity (Wildman–Crippen MR) is 96.7 cm³/mol. The van der Waals surface area contributed by atoms with Gasteiger partial charge in [0.25, 0.3) is 5.91 Å². The zero-order valence-electron chi connectivity index (χ0n) is 14.0. The second-order valence-electron chi connectivity index (χ2n) is 5.76. The van der Waals surface area contributed by atoms with Crippen molar-refractivity contribution in [1.29, 1.82) is 0 Å². The molecule has 0 aliphatic carbocycles. The normalized spacial score (nSPS) is 10.4. The molecule has 2 heterocycles. The molecule has 0 saturated carbocycles. The number of nitrogens with zero attached hydrogens (tertiary/aromatic N) is 2. The standard InChI is InChI=1S/C19H20N4O2/c1-14-10-18(23-25-14)22-19(24)16-11-17(13-20-12-16)21-9-5-8-15-6-3-2-4-7-15/h2-4,6-7,10-13,21H,5,8-9H2,1H3,(H,22,23,24). The molecule has 2 N–H and O–H groups in total. The fourth-order valence-electron chi connectivity index (χ4n) is 2.44. The molecule has 0 atom stereocenters. The molecule has 3 rings (SSSR count). The zero-order chi connectivity index (χ0) is 17.5. The first-order chi connectivity index (χ1) is 12.2. The Hall–Kier alpha value is -3.15. The van der Waals surface area contributed by atoms with E-state index in [1.165, 1.54) is 11.8 Å². The molecule has 1 aromatic carbocycles. The zero-order valence-corrected chi connectivity index (χ0v) is 14.0. The predicted octanol–water partition coefficient (Wildman–Crippen LogP) is 3.68. The molecule has 1 amide bonds. The van der Waals surface area contributed by atoms with Crippen molar-refractivity contribution in [2.45, 2.75) is 19.8 Å². The van der Waals surface area contributed by atoms with Crippen molar-refractivity contribution in [2.75, 3.05) is 17.2 Å². The molecule has 6 heteroatoms. The Morgan fingerprint density at radius 2 is 2.00 bits per heavy atom. The third-order valence-corrected chi connectivity index (χ3v) is 3.68. The van der Waals surface area contributed by atoms with Crippen molar-refractivity contribution in [3.05, 3.63) is 71.7 Å². The van der Waals surface area contributed by atoms with Gasteiger partial charge in [0, 0.05) is 25.0 Å². The van der Waals surface area contributed by atoms with Crippen LogP contribution in [-0.4, -0.2) is 22.6 Å². The highest BCUT2D eigenvalue weighted by Gasteiger charge is 2.10. The number of aryl methyl sites for hydroxylation is 2. The highest BCUT2D eigenvalue weighted by atomic mass is 16.5. The van der Waals surface area contributed by atoms with Crippen molar-refractivity contribution in [1.82, 2.24) is 10.1 Å². The number of anilines is 2. The number of aromatic nitrogens is 2. The lowest BCUT2D eigenvalue weighted by molar-refractivity contribution is 0.102. The van der Waals surface area contributed by atoms with Gasteiger partial charge < -0.3 is 15.2 Å². The van der Waals surface area contributed by atoms with Gasteiger partial charge in [-0.3, -0.25) is 9.78 Å². The summed E-state index contributed by atoms with van der Waals surface area (Å²) in [6.07, 6.45) is 5.24. The number of rotatable bonds is 7. The minimum atomic E-state index is -0.270. The molecule has 0 aliphatic heterocycles. The van der Waals surface area contributed by atoms with Crippen molar-refractivity contribution in [3.63, 3.8) is 0 Å². The lowest BCUT2D eigenvalue weighted by Gasteiger charge is -2.08. The molecule has 0 bridgehead atoms. The van der Waals surface area contributed by atoms with Crippen molar-refractivity contribution in [2.24, 2.45) is 0 Å². The summed E-state index contributed by atoms with van der Waals surface area (Å²) in [5.74, 6) is 0.764. The van der Waals surface area contributed by atoms with Gasteiger partial charge >= 0.3 is 0 Å².